The molecule has 32 heavy (non-hydrogen) atoms. The summed E-state index contributed by atoms with van der Waals surface area (Å²) in [4.78, 5) is 38.7. The zero-order valence-electron chi connectivity index (χ0n) is 17.4. The predicted molar refractivity (Wildman–Crippen MR) is 124 cm³/mol. The molecule has 4 amide bonds. The van der Waals surface area contributed by atoms with Gasteiger partial charge in [-0.3, -0.25) is 14.9 Å². The molecule has 1 aliphatic rings. The van der Waals surface area contributed by atoms with Crippen LogP contribution in [0, 0.1) is 0 Å². The van der Waals surface area contributed by atoms with E-state index >= 15 is 0 Å². The topological polar surface area (TPSA) is 84.9 Å². The first-order valence-corrected chi connectivity index (χ1v) is 10.7. The van der Waals surface area contributed by atoms with Crippen LogP contribution in [0.4, 0.5) is 10.5 Å². The van der Waals surface area contributed by atoms with Gasteiger partial charge in [0.25, 0.3) is 11.8 Å². The minimum Gasteiger partial charge on any atom is -0.493 e. The highest BCUT2D eigenvalue weighted by Gasteiger charge is 2.38. The molecule has 1 atom stereocenters. The van der Waals surface area contributed by atoms with Crippen molar-refractivity contribution < 1.29 is 23.9 Å². The Morgan fingerprint density at radius 2 is 1.84 bits per heavy atom. The van der Waals surface area contributed by atoms with Gasteiger partial charge < -0.3 is 9.47 Å². The fourth-order valence-electron chi connectivity index (χ4n) is 2.93. The molecule has 0 saturated carbocycles. The highest BCUT2D eigenvalue weighted by molar-refractivity contribution is 6.46. The molecule has 1 fully saturated rings. The number of nitrogens with one attached hydrogen (secondary N) is 1. The lowest BCUT2D eigenvalue weighted by Crippen LogP contribution is -2.54. The van der Waals surface area contributed by atoms with Gasteiger partial charge in [-0.15, -0.1) is 0 Å². The quantitative estimate of drug-likeness (QED) is 0.421. The van der Waals surface area contributed by atoms with Gasteiger partial charge >= 0.3 is 6.03 Å². The van der Waals surface area contributed by atoms with Crippen LogP contribution in [0.15, 0.2) is 35.9 Å². The molecular formula is C22H19Cl3N2O5. The fraction of sp³-hybridized carbons (Fsp3) is 0.227. The van der Waals surface area contributed by atoms with E-state index in [1.165, 1.54) is 37.5 Å². The molecule has 1 aliphatic heterocycles. The number of methoxy groups -OCH3 is 1. The van der Waals surface area contributed by atoms with Crippen molar-refractivity contribution in [3.63, 3.8) is 0 Å². The third-order valence-corrected chi connectivity index (χ3v) is 5.82. The van der Waals surface area contributed by atoms with Crippen molar-refractivity contribution >= 4 is 64.4 Å². The summed E-state index contributed by atoms with van der Waals surface area (Å²) in [5.74, 6) is -1.03. The Morgan fingerprint density at radius 1 is 1.12 bits per heavy atom. The average molecular weight is 498 g/mol. The summed E-state index contributed by atoms with van der Waals surface area (Å²) < 4.78 is 11.2. The van der Waals surface area contributed by atoms with Crippen LogP contribution in [0.25, 0.3) is 6.08 Å². The third-order valence-electron chi connectivity index (χ3n) is 4.73. The van der Waals surface area contributed by atoms with Crippen molar-refractivity contribution in [3.8, 4) is 11.5 Å². The van der Waals surface area contributed by atoms with Gasteiger partial charge in [0.1, 0.15) is 5.57 Å². The van der Waals surface area contributed by atoms with Crippen molar-refractivity contribution in [1.29, 1.82) is 0 Å². The molecule has 7 nitrogen and oxygen atoms in total. The SMILES string of the molecule is CCC(C)Oc1c(Cl)cc(C=C2C(=O)NC(=O)N(c3cccc(Cl)c3Cl)C2=O)cc1OC. The van der Waals surface area contributed by atoms with Gasteiger partial charge in [-0.1, -0.05) is 47.8 Å². The molecule has 0 aliphatic carbocycles. The minimum absolute atomic E-state index is 0.00243. The molecule has 1 unspecified atom stereocenters. The van der Waals surface area contributed by atoms with E-state index in [2.05, 4.69) is 5.32 Å². The van der Waals surface area contributed by atoms with Crippen molar-refractivity contribution in [2.24, 2.45) is 0 Å². The molecule has 2 aromatic carbocycles. The number of ether oxygens (including phenoxy) is 2. The molecule has 0 spiro atoms. The van der Waals surface area contributed by atoms with Gasteiger partial charge in [0.05, 0.1) is 34.0 Å². The van der Waals surface area contributed by atoms with E-state index in [0.717, 1.165) is 11.3 Å². The van der Waals surface area contributed by atoms with Gasteiger partial charge in [0, 0.05) is 0 Å². The second kappa shape index (κ2) is 9.81. The maximum atomic E-state index is 13.1. The van der Waals surface area contributed by atoms with Crippen LogP contribution in [0.2, 0.25) is 15.1 Å². The molecule has 0 aromatic heterocycles. The van der Waals surface area contributed by atoms with E-state index in [4.69, 9.17) is 44.3 Å². The number of rotatable bonds is 6. The summed E-state index contributed by atoms with van der Waals surface area (Å²) in [7, 11) is 1.45. The first-order valence-electron chi connectivity index (χ1n) is 9.57. The number of nitrogens with zero attached hydrogens (tertiary/aromatic N) is 1. The first kappa shape index (κ1) is 23.9. The zero-order chi connectivity index (χ0) is 23.6. The molecule has 1 heterocycles. The summed E-state index contributed by atoms with van der Waals surface area (Å²) in [5.41, 5.74) is 0.149. The normalized spacial score (nSPS) is 16.2. The van der Waals surface area contributed by atoms with Crippen molar-refractivity contribution in [1.82, 2.24) is 5.32 Å². The molecule has 0 radical (unpaired) electrons. The van der Waals surface area contributed by atoms with Gasteiger partial charge in [-0.25, -0.2) is 9.69 Å². The Bertz CT molecular complexity index is 1130. The lowest BCUT2D eigenvalue weighted by Gasteiger charge is -2.27. The van der Waals surface area contributed by atoms with Gasteiger partial charge in [0.15, 0.2) is 11.5 Å². The molecule has 168 valence electrons. The monoisotopic (exact) mass is 496 g/mol. The number of anilines is 1. The first-order chi connectivity index (χ1) is 15.2. The van der Waals surface area contributed by atoms with E-state index in [1.807, 2.05) is 13.8 Å². The van der Waals surface area contributed by atoms with Crippen molar-refractivity contribution in [3.05, 3.63) is 56.5 Å². The molecular weight excluding hydrogens is 479 g/mol. The number of amides is 4. The Labute approximate surface area is 199 Å². The number of benzene rings is 2. The van der Waals surface area contributed by atoms with E-state index in [9.17, 15) is 14.4 Å². The number of hydrogen-bond donors (Lipinski definition) is 1. The van der Waals surface area contributed by atoms with Crippen LogP contribution < -0.4 is 19.7 Å². The lowest BCUT2D eigenvalue weighted by atomic mass is 10.1. The molecule has 1 saturated heterocycles. The van der Waals surface area contributed by atoms with Crippen LogP contribution in [-0.4, -0.2) is 31.1 Å². The fourth-order valence-corrected chi connectivity index (χ4v) is 3.57. The number of barbiturate groups is 1. The third kappa shape index (κ3) is 4.70. The summed E-state index contributed by atoms with van der Waals surface area (Å²) in [6.07, 6.45) is 1.96. The number of hydrogen-bond acceptors (Lipinski definition) is 5. The Balaban J connectivity index is 2.04. The van der Waals surface area contributed by atoms with Crippen LogP contribution in [0.1, 0.15) is 25.8 Å². The van der Waals surface area contributed by atoms with Crippen LogP contribution in [0.5, 0.6) is 11.5 Å². The van der Waals surface area contributed by atoms with Crippen LogP contribution in [-0.2, 0) is 9.59 Å². The number of carbonyl (C=O) groups excluding carboxylic acids is 3. The zero-order valence-corrected chi connectivity index (χ0v) is 19.6. The van der Waals surface area contributed by atoms with E-state index in [0.29, 0.717) is 17.1 Å². The van der Waals surface area contributed by atoms with Gasteiger partial charge in [0.2, 0.25) is 0 Å². The van der Waals surface area contributed by atoms with E-state index in [1.54, 1.807) is 6.07 Å². The van der Waals surface area contributed by atoms with E-state index in [-0.39, 0.29) is 32.4 Å². The number of imide groups is 2. The summed E-state index contributed by atoms with van der Waals surface area (Å²) >= 11 is 18.6. The second-order valence-corrected chi connectivity index (χ2v) is 8.09. The number of carbonyl (C=O) groups is 3. The molecule has 0 bridgehead atoms. The van der Waals surface area contributed by atoms with Crippen LogP contribution in [0.3, 0.4) is 0 Å². The molecule has 10 heteroatoms. The Kier molecular flexibility index (Phi) is 7.33. The molecule has 2 aromatic rings. The van der Waals surface area contributed by atoms with Crippen LogP contribution >= 0.6 is 34.8 Å². The summed E-state index contributed by atoms with van der Waals surface area (Å²) in [5, 5.41) is 2.53. The largest absolute Gasteiger partial charge is 0.493 e. The smallest absolute Gasteiger partial charge is 0.336 e. The van der Waals surface area contributed by atoms with Gasteiger partial charge in [-0.2, -0.15) is 0 Å². The Hall–Kier alpha value is -2.74. The minimum atomic E-state index is -0.936. The van der Waals surface area contributed by atoms with Crippen molar-refractivity contribution in [2.75, 3.05) is 12.0 Å². The highest BCUT2D eigenvalue weighted by Crippen LogP contribution is 2.39. The number of halogens is 3. The maximum Gasteiger partial charge on any atom is 0.336 e. The lowest BCUT2D eigenvalue weighted by molar-refractivity contribution is -0.122. The summed E-state index contributed by atoms with van der Waals surface area (Å²) in [6.45, 7) is 3.86. The maximum absolute atomic E-state index is 13.1. The average Bonchev–Trinajstić information content (AvgIpc) is 2.75. The molecule has 3 rings (SSSR count). The van der Waals surface area contributed by atoms with E-state index < -0.39 is 17.8 Å². The van der Waals surface area contributed by atoms with Crippen molar-refractivity contribution in [2.45, 2.75) is 26.4 Å². The summed E-state index contributed by atoms with van der Waals surface area (Å²) in [6, 6.07) is 6.66. The predicted octanol–water partition coefficient (Wildman–Crippen LogP) is 5.50. The second-order valence-electron chi connectivity index (χ2n) is 6.90. The molecule has 1 N–H and O–H groups in total. The highest BCUT2D eigenvalue weighted by atomic mass is 35.5. The number of urea groups is 1. The standard InChI is InChI=1S/C22H19Cl3N2O5/c1-4-11(2)32-19-15(24)9-12(10-17(19)31-3)8-13-20(28)26-22(30)27(21(13)29)16-7-5-6-14(23)18(16)25/h5-11H,4H2,1-3H3,(H,26,28,30). The Morgan fingerprint density at radius 3 is 2.50 bits per heavy atom. The van der Waals surface area contributed by atoms with Gasteiger partial charge in [-0.05, 0) is 49.2 Å².